The molecule has 5 heteroatoms. The standard InChI is InChI=1S/C20H23N3O2/c1-15-7-5-6-10-18(15)23(20(25)16-8-3-2-4-9-16)14-19(24)22-12-11-17(21)13-22/h2-10,17H,11-14,21H2,1H3. The van der Waals surface area contributed by atoms with Gasteiger partial charge in [-0.2, -0.15) is 0 Å². The molecule has 3 rings (SSSR count). The molecule has 130 valence electrons. The molecule has 0 aliphatic carbocycles. The maximum absolute atomic E-state index is 13.0. The SMILES string of the molecule is Cc1ccccc1N(CC(=O)N1CCC(N)C1)C(=O)c1ccccc1. The summed E-state index contributed by atoms with van der Waals surface area (Å²) in [4.78, 5) is 29.1. The van der Waals surface area contributed by atoms with E-state index in [1.54, 1.807) is 21.9 Å². The number of nitrogens with zero attached hydrogens (tertiary/aromatic N) is 2. The molecule has 1 saturated heterocycles. The number of hydrogen-bond acceptors (Lipinski definition) is 3. The fraction of sp³-hybridized carbons (Fsp3) is 0.300. The summed E-state index contributed by atoms with van der Waals surface area (Å²) in [6.45, 7) is 3.17. The van der Waals surface area contributed by atoms with E-state index in [0.29, 0.717) is 18.7 Å². The average Bonchev–Trinajstić information content (AvgIpc) is 3.07. The molecule has 1 aliphatic rings. The Hall–Kier alpha value is -2.66. The molecule has 1 atom stereocenters. The van der Waals surface area contributed by atoms with Crippen molar-refractivity contribution in [2.45, 2.75) is 19.4 Å². The van der Waals surface area contributed by atoms with E-state index in [-0.39, 0.29) is 24.4 Å². The zero-order valence-electron chi connectivity index (χ0n) is 14.4. The Morgan fingerprint density at radius 1 is 1.12 bits per heavy atom. The first-order chi connectivity index (χ1) is 12.1. The first kappa shape index (κ1) is 17.2. The van der Waals surface area contributed by atoms with Crippen molar-refractivity contribution in [2.75, 3.05) is 24.5 Å². The Labute approximate surface area is 148 Å². The first-order valence-corrected chi connectivity index (χ1v) is 8.52. The summed E-state index contributed by atoms with van der Waals surface area (Å²) in [7, 11) is 0. The third-order valence-corrected chi connectivity index (χ3v) is 4.54. The van der Waals surface area contributed by atoms with Gasteiger partial charge in [0.25, 0.3) is 5.91 Å². The summed E-state index contributed by atoms with van der Waals surface area (Å²) >= 11 is 0. The van der Waals surface area contributed by atoms with Gasteiger partial charge in [0.2, 0.25) is 5.91 Å². The number of likely N-dealkylation sites (tertiary alicyclic amines) is 1. The summed E-state index contributed by atoms with van der Waals surface area (Å²) in [5.41, 5.74) is 8.19. The van der Waals surface area contributed by atoms with E-state index in [1.165, 1.54) is 0 Å². The van der Waals surface area contributed by atoms with Crippen LogP contribution in [0.2, 0.25) is 0 Å². The van der Waals surface area contributed by atoms with Crippen LogP contribution < -0.4 is 10.6 Å². The van der Waals surface area contributed by atoms with Crippen molar-refractivity contribution in [2.24, 2.45) is 5.73 Å². The van der Waals surface area contributed by atoms with Gasteiger partial charge >= 0.3 is 0 Å². The van der Waals surface area contributed by atoms with Crippen LogP contribution in [-0.2, 0) is 4.79 Å². The summed E-state index contributed by atoms with van der Waals surface area (Å²) in [6, 6.07) is 16.7. The van der Waals surface area contributed by atoms with Gasteiger partial charge in [-0.25, -0.2) is 0 Å². The van der Waals surface area contributed by atoms with Crippen LogP contribution in [-0.4, -0.2) is 42.4 Å². The first-order valence-electron chi connectivity index (χ1n) is 8.52. The minimum atomic E-state index is -0.174. The highest BCUT2D eigenvalue weighted by Gasteiger charge is 2.28. The molecule has 1 fully saturated rings. The second-order valence-electron chi connectivity index (χ2n) is 6.43. The molecule has 0 aromatic heterocycles. The minimum absolute atomic E-state index is 0.0191. The van der Waals surface area contributed by atoms with Crippen LogP contribution in [0.15, 0.2) is 54.6 Å². The molecule has 5 nitrogen and oxygen atoms in total. The monoisotopic (exact) mass is 337 g/mol. The van der Waals surface area contributed by atoms with Crippen LogP contribution in [0.1, 0.15) is 22.3 Å². The van der Waals surface area contributed by atoms with Crippen molar-refractivity contribution in [3.05, 3.63) is 65.7 Å². The lowest BCUT2D eigenvalue weighted by Gasteiger charge is -2.26. The molecular formula is C20H23N3O2. The number of aryl methyl sites for hydroxylation is 1. The summed E-state index contributed by atoms with van der Waals surface area (Å²) in [5, 5.41) is 0. The smallest absolute Gasteiger partial charge is 0.258 e. The van der Waals surface area contributed by atoms with Crippen LogP contribution >= 0.6 is 0 Å². The van der Waals surface area contributed by atoms with Gasteiger partial charge in [0.1, 0.15) is 6.54 Å². The van der Waals surface area contributed by atoms with Gasteiger partial charge in [-0.1, -0.05) is 36.4 Å². The van der Waals surface area contributed by atoms with Crippen LogP contribution in [0.4, 0.5) is 5.69 Å². The summed E-state index contributed by atoms with van der Waals surface area (Å²) in [5.74, 6) is -0.243. The number of anilines is 1. The molecule has 1 unspecified atom stereocenters. The highest BCUT2D eigenvalue weighted by Crippen LogP contribution is 2.22. The Kier molecular flexibility index (Phi) is 5.14. The van der Waals surface area contributed by atoms with Crippen molar-refractivity contribution in [1.82, 2.24) is 4.90 Å². The van der Waals surface area contributed by atoms with E-state index in [1.807, 2.05) is 49.4 Å². The van der Waals surface area contributed by atoms with Gasteiger partial charge in [-0.15, -0.1) is 0 Å². The number of carbonyl (C=O) groups excluding carboxylic acids is 2. The van der Waals surface area contributed by atoms with Crippen molar-refractivity contribution in [1.29, 1.82) is 0 Å². The highest BCUT2D eigenvalue weighted by atomic mass is 16.2. The predicted molar refractivity (Wildman–Crippen MR) is 98.5 cm³/mol. The zero-order valence-corrected chi connectivity index (χ0v) is 14.4. The quantitative estimate of drug-likeness (QED) is 0.930. The van der Waals surface area contributed by atoms with Gasteiger partial charge < -0.3 is 10.6 Å². The van der Waals surface area contributed by atoms with E-state index in [4.69, 9.17) is 5.73 Å². The number of carbonyl (C=O) groups is 2. The Morgan fingerprint density at radius 3 is 2.44 bits per heavy atom. The maximum Gasteiger partial charge on any atom is 0.258 e. The van der Waals surface area contributed by atoms with Crippen LogP contribution in [0.3, 0.4) is 0 Å². The van der Waals surface area contributed by atoms with Crippen molar-refractivity contribution in [3.63, 3.8) is 0 Å². The molecule has 1 heterocycles. The lowest BCUT2D eigenvalue weighted by molar-refractivity contribution is -0.128. The Balaban J connectivity index is 1.88. The normalized spacial score (nSPS) is 16.7. The van der Waals surface area contributed by atoms with Crippen molar-refractivity contribution >= 4 is 17.5 Å². The average molecular weight is 337 g/mol. The molecule has 25 heavy (non-hydrogen) atoms. The van der Waals surface area contributed by atoms with Gasteiger partial charge in [-0.3, -0.25) is 14.5 Å². The van der Waals surface area contributed by atoms with E-state index >= 15 is 0 Å². The van der Waals surface area contributed by atoms with Crippen LogP contribution in [0.5, 0.6) is 0 Å². The molecule has 0 bridgehead atoms. The number of hydrogen-bond donors (Lipinski definition) is 1. The van der Waals surface area contributed by atoms with Crippen molar-refractivity contribution < 1.29 is 9.59 Å². The lowest BCUT2D eigenvalue weighted by atomic mass is 10.1. The van der Waals surface area contributed by atoms with Crippen LogP contribution in [0, 0.1) is 6.92 Å². The maximum atomic E-state index is 13.0. The third-order valence-electron chi connectivity index (χ3n) is 4.54. The van der Waals surface area contributed by atoms with Crippen molar-refractivity contribution in [3.8, 4) is 0 Å². The van der Waals surface area contributed by atoms with E-state index in [2.05, 4.69) is 0 Å². The molecule has 1 aliphatic heterocycles. The van der Waals surface area contributed by atoms with E-state index in [9.17, 15) is 9.59 Å². The fourth-order valence-electron chi connectivity index (χ4n) is 3.12. The molecule has 0 radical (unpaired) electrons. The number of benzene rings is 2. The van der Waals surface area contributed by atoms with Gasteiger partial charge in [0, 0.05) is 30.4 Å². The van der Waals surface area contributed by atoms with Gasteiger partial charge in [0.15, 0.2) is 0 Å². The Bertz CT molecular complexity index is 761. The molecule has 2 amide bonds. The molecule has 0 spiro atoms. The molecule has 2 aromatic carbocycles. The molecule has 2 N–H and O–H groups in total. The summed E-state index contributed by atoms with van der Waals surface area (Å²) < 4.78 is 0. The van der Waals surface area contributed by atoms with Gasteiger partial charge in [-0.05, 0) is 37.1 Å². The third kappa shape index (κ3) is 3.88. The number of nitrogens with two attached hydrogens (primary N) is 1. The zero-order chi connectivity index (χ0) is 17.8. The largest absolute Gasteiger partial charge is 0.340 e. The number of rotatable bonds is 4. The molecule has 2 aromatic rings. The second-order valence-corrected chi connectivity index (χ2v) is 6.43. The lowest BCUT2D eigenvalue weighted by Crippen LogP contribution is -2.43. The Morgan fingerprint density at radius 2 is 1.80 bits per heavy atom. The van der Waals surface area contributed by atoms with E-state index < -0.39 is 0 Å². The van der Waals surface area contributed by atoms with E-state index in [0.717, 1.165) is 17.7 Å². The summed E-state index contributed by atoms with van der Waals surface area (Å²) in [6.07, 6.45) is 0.808. The number of amides is 2. The number of para-hydroxylation sites is 1. The molecule has 0 saturated carbocycles. The van der Waals surface area contributed by atoms with Crippen LogP contribution in [0.25, 0.3) is 0 Å². The second kappa shape index (κ2) is 7.49. The topological polar surface area (TPSA) is 66.6 Å². The fourth-order valence-corrected chi connectivity index (χ4v) is 3.12. The molecular weight excluding hydrogens is 314 g/mol. The highest BCUT2D eigenvalue weighted by molar-refractivity contribution is 6.09. The predicted octanol–water partition coefficient (Wildman–Crippen LogP) is 2.20. The minimum Gasteiger partial charge on any atom is -0.340 e. The van der Waals surface area contributed by atoms with Gasteiger partial charge in [0.05, 0.1) is 0 Å².